The van der Waals surface area contributed by atoms with Crippen LogP contribution in [0.5, 0.6) is 0 Å². The molecule has 1 rings (SSSR count). The predicted octanol–water partition coefficient (Wildman–Crippen LogP) is 3.43. The van der Waals surface area contributed by atoms with Crippen molar-refractivity contribution < 1.29 is 4.79 Å². The van der Waals surface area contributed by atoms with Crippen LogP contribution in [0, 0.1) is 5.92 Å². The lowest BCUT2D eigenvalue weighted by molar-refractivity contribution is -0.130. The summed E-state index contributed by atoms with van der Waals surface area (Å²) in [5.74, 6) is 1.56. The van der Waals surface area contributed by atoms with Crippen molar-refractivity contribution in [1.82, 2.24) is 4.90 Å². The van der Waals surface area contributed by atoms with Crippen molar-refractivity contribution in [2.75, 3.05) is 19.0 Å². The van der Waals surface area contributed by atoms with Gasteiger partial charge in [0.2, 0.25) is 5.91 Å². The summed E-state index contributed by atoms with van der Waals surface area (Å²) in [7, 11) is 0. The molecule has 0 saturated carbocycles. The predicted molar refractivity (Wildman–Crippen MR) is 68.8 cm³/mol. The summed E-state index contributed by atoms with van der Waals surface area (Å²) in [6, 6.07) is 0. The van der Waals surface area contributed by atoms with Crippen LogP contribution in [0.15, 0.2) is 0 Å². The molecule has 0 radical (unpaired) electrons. The standard InChI is InChI=1S/C13H24ClNO/c1-2-3-4-5-6-7-13(16)15-9-8-12(10-14)11-15/h12H,2-11H2,1H3. The number of hydrogen-bond donors (Lipinski definition) is 0. The zero-order valence-electron chi connectivity index (χ0n) is 10.4. The van der Waals surface area contributed by atoms with Gasteiger partial charge in [-0.3, -0.25) is 4.79 Å². The summed E-state index contributed by atoms with van der Waals surface area (Å²) in [4.78, 5) is 13.8. The van der Waals surface area contributed by atoms with Gasteiger partial charge in [-0.2, -0.15) is 0 Å². The summed E-state index contributed by atoms with van der Waals surface area (Å²) in [6.45, 7) is 4.02. The molecule has 1 unspecified atom stereocenters. The minimum atomic E-state index is 0.337. The number of hydrogen-bond acceptors (Lipinski definition) is 1. The molecular weight excluding hydrogens is 222 g/mol. The third-order valence-corrected chi connectivity index (χ3v) is 3.79. The lowest BCUT2D eigenvalue weighted by Crippen LogP contribution is -2.28. The van der Waals surface area contributed by atoms with Gasteiger partial charge in [-0.1, -0.05) is 32.6 Å². The maximum Gasteiger partial charge on any atom is 0.222 e. The third kappa shape index (κ3) is 4.73. The van der Waals surface area contributed by atoms with Gasteiger partial charge in [0, 0.05) is 25.4 Å². The van der Waals surface area contributed by atoms with Crippen molar-refractivity contribution in [3.63, 3.8) is 0 Å². The van der Waals surface area contributed by atoms with Crippen LogP contribution in [0.2, 0.25) is 0 Å². The summed E-state index contributed by atoms with van der Waals surface area (Å²) in [5.41, 5.74) is 0. The van der Waals surface area contributed by atoms with Crippen LogP contribution in [0.4, 0.5) is 0 Å². The molecule has 0 aromatic carbocycles. The Balaban J connectivity index is 2.06. The fourth-order valence-corrected chi connectivity index (χ4v) is 2.47. The Morgan fingerprint density at radius 2 is 2.06 bits per heavy atom. The van der Waals surface area contributed by atoms with Crippen molar-refractivity contribution >= 4 is 17.5 Å². The Bertz CT molecular complexity index is 208. The van der Waals surface area contributed by atoms with Crippen molar-refractivity contribution in [3.8, 4) is 0 Å². The number of nitrogens with zero attached hydrogens (tertiary/aromatic N) is 1. The Hall–Kier alpha value is -0.240. The lowest BCUT2D eigenvalue weighted by Gasteiger charge is -2.15. The Morgan fingerprint density at radius 3 is 2.69 bits per heavy atom. The van der Waals surface area contributed by atoms with E-state index < -0.39 is 0 Å². The van der Waals surface area contributed by atoms with Gasteiger partial charge in [0.25, 0.3) is 0 Å². The molecule has 1 aliphatic heterocycles. The summed E-state index contributed by atoms with van der Waals surface area (Å²) >= 11 is 5.80. The monoisotopic (exact) mass is 245 g/mol. The van der Waals surface area contributed by atoms with Crippen LogP contribution in [-0.4, -0.2) is 29.8 Å². The number of likely N-dealkylation sites (tertiary alicyclic amines) is 1. The molecule has 1 saturated heterocycles. The molecule has 1 amide bonds. The number of rotatable bonds is 7. The van der Waals surface area contributed by atoms with Gasteiger partial charge in [0.05, 0.1) is 0 Å². The molecule has 3 heteroatoms. The van der Waals surface area contributed by atoms with Crippen LogP contribution in [-0.2, 0) is 4.79 Å². The second-order valence-corrected chi connectivity index (χ2v) is 5.12. The highest BCUT2D eigenvalue weighted by molar-refractivity contribution is 6.18. The topological polar surface area (TPSA) is 20.3 Å². The second kappa shape index (κ2) is 7.94. The zero-order chi connectivity index (χ0) is 11.8. The average molecular weight is 246 g/mol. The van der Waals surface area contributed by atoms with Crippen LogP contribution < -0.4 is 0 Å². The van der Waals surface area contributed by atoms with Crippen LogP contribution in [0.1, 0.15) is 51.9 Å². The zero-order valence-corrected chi connectivity index (χ0v) is 11.1. The first-order valence-electron chi connectivity index (χ1n) is 6.61. The average Bonchev–Trinajstić information content (AvgIpc) is 2.77. The maximum absolute atomic E-state index is 11.8. The van der Waals surface area contributed by atoms with E-state index in [1.165, 1.54) is 25.7 Å². The molecule has 1 atom stereocenters. The maximum atomic E-state index is 11.8. The Kier molecular flexibility index (Phi) is 6.86. The van der Waals surface area contributed by atoms with E-state index in [2.05, 4.69) is 6.92 Å². The fourth-order valence-electron chi connectivity index (χ4n) is 2.22. The first-order valence-corrected chi connectivity index (χ1v) is 7.15. The highest BCUT2D eigenvalue weighted by atomic mass is 35.5. The number of carbonyl (C=O) groups excluding carboxylic acids is 1. The van der Waals surface area contributed by atoms with Crippen LogP contribution in [0.25, 0.3) is 0 Å². The van der Waals surface area contributed by atoms with Gasteiger partial charge in [-0.15, -0.1) is 11.6 Å². The van der Waals surface area contributed by atoms with Crippen LogP contribution >= 0.6 is 11.6 Å². The van der Waals surface area contributed by atoms with Gasteiger partial charge in [0.1, 0.15) is 0 Å². The molecular formula is C13H24ClNO. The minimum absolute atomic E-state index is 0.337. The van der Waals surface area contributed by atoms with E-state index in [4.69, 9.17) is 11.6 Å². The minimum Gasteiger partial charge on any atom is -0.342 e. The highest BCUT2D eigenvalue weighted by Gasteiger charge is 2.24. The molecule has 16 heavy (non-hydrogen) atoms. The molecule has 0 N–H and O–H groups in total. The smallest absolute Gasteiger partial charge is 0.222 e. The van der Waals surface area contributed by atoms with E-state index in [0.29, 0.717) is 17.7 Å². The molecule has 1 fully saturated rings. The lowest BCUT2D eigenvalue weighted by atomic mass is 10.1. The van der Waals surface area contributed by atoms with Crippen molar-refractivity contribution in [1.29, 1.82) is 0 Å². The van der Waals surface area contributed by atoms with Crippen molar-refractivity contribution in [2.45, 2.75) is 51.9 Å². The van der Waals surface area contributed by atoms with E-state index in [9.17, 15) is 4.79 Å². The number of unbranched alkanes of at least 4 members (excludes halogenated alkanes) is 4. The van der Waals surface area contributed by atoms with E-state index >= 15 is 0 Å². The quantitative estimate of drug-likeness (QED) is 0.497. The number of halogens is 1. The van der Waals surface area contributed by atoms with Gasteiger partial charge >= 0.3 is 0 Å². The molecule has 2 nitrogen and oxygen atoms in total. The SMILES string of the molecule is CCCCCCCC(=O)N1CCC(CCl)C1. The molecule has 1 aliphatic rings. The Labute approximate surface area is 104 Å². The van der Waals surface area contributed by atoms with Gasteiger partial charge in [0.15, 0.2) is 0 Å². The number of carbonyl (C=O) groups is 1. The number of amides is 1. The van der Waals surface area contributed by atoms with Crippen LogP contribution in [0.3, 0.4) is 0 Å². The third-order valence-electron chi connectivity index (χ3n) is 3.35. The van der Waals surface area contributed by atoms with Crippen molar-refractivity contribution in [2.24, 2.45) is 5.92 Å². The summed E-state index contributed by atoms with van der Waals surface area (Å²) in [5, 5.41) is 0. The second-order valence-electron chi connectivity index (χ2n) is 4.81. The molecule has 0 aromatic heterocycles. The van der Waals surface area contributed by atoms with Gasteiger partial charge in [-0.05, 0) is 18.8 Å². The summed E-state index contributed by atoms with van der Waals surface area (Å²) in [6.07, 6.45) is 7.91. The molecule has 0 aromatic rings. The molecule has 94 valence electrons. The fraction of sp³-hybridized carbons (Fsp3) is 0.923. The summed E-state index contributed by atoms with van der Waals surface area (Å²) < 4.78 is 0. The highest BCUT2D eigenvalue weighted by Crippen LogP contribution is 2.18. The molecule has 0 bridgehead atoms. The molecule has 0 aliphatic carbocycles. The van der Waals surface area contributed by atoms with E-state index in [1.807, 2.05) is 4.90 Å². The first kappa shape index (κ1) is 13.8. The molecule has 0 spiro atoms. The van der Waals surface area contributed by atoms with Gasteiger partial charge < -0.3 is 4.90 Å². The number of alkyl halides is 1. The first-order chi connectivity index (χ1) is 7.77. The van der Waals surface area contributed by atoms with Gasteiger partial charge in [-0.25, -0.2) is 0 Å². The van der Waals surface area contributed by atoms with E-state index in [1.54, 1.807) is 0 Å². The van der Waals surface area contributed by atoms with E-state index in [0.717, 1.165) is 32.4 Å². The van der Waals surface area contributed by atoms with Crippen molar-refractivity contribution in [3.05, 3.63) is 0 Å². The largest absolute Gasteiger partial charge is 0.342 e. The normalized spacial score (nSPS) is 20.4. The Morgan fingerprint density at radius 1 is 1.31 bits per heavy atom. The van der Waals surface area contributed by atoms with E-state index in [-0.39, 0.29) is 0 Å². The molecule has 1 heterocycles.